The molecule has 0 aliphatic heterocycles. The Morgan fingerprint density at radius 2 is 1.65 bits per heavy atom. The molecule has 0 bridgehead atoms. The van der Waals surface area contributed by atoms with Crippen molar-refractivity contribution in [3.05, 3.63) is 0 Å². The van der Waals surface area contributed by atoms with Crippen LogP contribution in [0.5, 0.6) is 0 Å². The van der Waals surface area contributed by atoms with Crippen LogP contribution in [0.2, 0.25) is 0 Å². The fraction of sp³-hybridized carbons (Fsp3) is 0.967. The van der Waals surface area contributed by atoms with Gasteiger partial charge in [0.25, 0.3) is 0 Å². The smallest absolute Gasteiger partial charge is 0.237 e. The SMILES string of the molecule is CC[C@H]1[C@@H](O)C2[C@@H]3CC[C@H]([C@H](C)CCCC(=O)NS(=O)(=O)C4CC4)C3(C)CC[C@@H]2C2(C)CC[C@@H](O)C[C@@H]12. The van der Waals surface area contributed by atoms with Crippen LogP contribution >= 0.6 is 0 Å². The van der Waals surface area contributed by atoms with E-state index in [1.165, 1.54) is 25.7 Å². The second-order valence-corrected chi connectivity index (χ2v) is 16.2. The zero-order chi connectivity index (χ0) is 26.8. The molecule has 0 radical (unpaired) electrons. The third kappa shape index (κ3) is 4.81. The number of aliphatic hydroxyl groups is 2. The van der Waals surface area contributed by atoms with Gasteiger partial charge in [0.1, 0.15) is 0 Å². The molecule has 11 atom stereocenters. The van der Waals surface area contributed by atoms with E-state index in [2.05, 4.69) is 32.4 Å². The average molecular weight is 538 g/mol. The van der Waals surface area contributed by atoms with E-state index in [1.807, 2.05) is 0 Å². The number of carbonyl (C=O) groups is 1. The van der Waals surface area contributed by atoms with Crippen LogP contribution < -0.4 is 4.72 Å². The van der Waals surface area contributed by atoms with Crippen molar-refractivity contribution in [3.8, 4) is 0 Å². The molecular weight excluding hydrogens is 486 g/mol. The molecule has 3 unspecified atom stereocenters. The van der Waals surface area contributed by atoms with Gasteiger partial charge < -0.3 is 10.2 Å². The molecule has 1 amide bonds. The van der Waals surface area contributed by atoms with Crippen LogP contribution in [0, 0.1) is 52.3 Å². The first kappa shape index (κ1) is 27.9. The molecule has 0 aromatic heterocycles. The van der Waals surface area contributed by atoms with Crippen molar-refractivity contribution < 1.29 is 23.4 Å². The number of hydrogen-bond acceptors (Lipinski definition) is 5. The van der Waals surface area contributed by atoms with Crippen LogP contribution in [0.3, 0.4) is 0 Å². The normalized spacial score (nSPS) is 46.4. The third-order valence-corrected chi connectivity index (χ3v) is 14.3. The lowest BCUT2D eigenvalue weighted by atomic mass is 9.41. The fourth-order valence-electron chi connectivity index (χ4n) is 10.4. The van der Waals surface area contributed by atoms with Gasteiger partial charge in [0.05, 0.1) is 17.5 Å². The summed E-state index contributed by atoms with van der Waals surface area (Å²) in [6.45, 7) is 9.53. The maximum absolute atomic E-state index is 12.3. The third-order valence-electron chi connectivity index (χ3n) is 12.4. The number of hydrogen-bond donors (Lipinski definition) is 3. The second-order valence-electron chi connectivity index (χ2n) is 14.3. The lowest BCUT2D eigenvalue weighted by Gasteiger charge is -2.64. The molecule has 6 nitrogen and oxygen atoms in total. The Morgan fingerprint density at radius 3 is 2.32 bits per heavy atom. The Balaban J connectivity index is 1.25. The monoisotopic (exact) mass is 537 g/mol. The lowest BCUT2D eigenvalue weighted by molar-refractivity contribution is -0.203. The van der Waals surface area contributed by atoms with Gasteiger partial charge in [-0.05, 0) is 123 Å². The number of amides is 1. The molecule has 3 N–H and O–H groups in total. The predicted molar refractivity (Wildman–Crippen MR) is 145 cm³/mol. The molecule has 5 fully saturated rings. The Bertz CT molecular complexity index is 965. The summed E-state index contributed by atoms with van der Waals surface area (Å²) < 4.78 is 26.4. The minimum absolute atomic E-state index is 0.211. The van der Waals surface area contributed by atoms with E-state index >= 15 is 0 Å². The van der Waals surface area contributed by atoms with E-state index in [-0.39, 0.29) is 46.5 Å². The Kier molecular flexibility index (Phi) is 7.59. The highest BCUT2D eigenvalue weighted by atomic mass is 32.2. The van der Waals surface area contributed by atoms with Crippen molar-refractivity contribution in [2.75, 3.05) is 0 Å². The summed E-state index contributed by atoms with van der Waals surface area (Å²) in [6, 6.07) is 0. The van der Waals surface area contributed by atoms with E-state index in [4.69, 9.17) is 0 Å². The van der Waals surface area contributed by atoms with E-state index in [1.54, 1.807) is 0 Å². The van der Waals surface area contributed by atoms with Crippen molar-refractivity contribution in [2.24, 2.45) is 52.3 Å². The summed E-state index contributed by atoms with van der Waals surface area (Å²) in [4.78, 5) is 12.3. The molecule has 0 spiro atoms. The molecule has 37 heavy (non-hydrogen) atoms. The summed E-state index contributed by atoms with van der Waals surface area (Å²) in [6.07, 6.45) is 11.4. The quantitative estimate of drug-likeness (QED) is 0.403. The summed E-state index contributed by atoms with van der Waals surface area (Å²) in [5.74, 6) is 2.87. The Hall–Kier alpha value is -0.660. The minimum atomic E-state index is -3.46. The van der Waals surface area contributed by atoms with Gasteiger partial charge in [-0.15, -0.1) is 0 Å². The number of nitrogens with one attached hydrogen (secondary N) is 1. The molecule has 5 saturated carbocycles. The van der Waals surface area contributed by atoms with Crippen molar-refractivity contribution in [2.45, 2.75) is 129 Å². The molecule has 0 heterocycles. The topological polar surface area (TPSA) is 104 Å². The molecule has 5 rings (SSSR count). The maximum Gasteiger partial charge on any atom is 0.237 e. The molecule has 5 aliphatic carbocycles. The summed E-state index contributed by atoms with van der Waals surface area (Å²) in [5.41, 5.74) is 0.442. The largest absolute Gasteiger partial charge is 0.393 e. The standard InChI is InChI=1S/C30H51NO5S/c1-5-21-25-17-19(32)13-15-30(25,4)24-14-16-29(3)22(11-12-23(29)27(24)28(21)34)18(2)7-6-8-26(33)31-37(35,36)20-9-10-20/h18-25,27-28,32,34H,5-17H2,1-4H3,(H,31,33)/t18-,19-,21-,22-,23+,24+,25+,27?,28-,29?,30?/m1/s1. The lowest BCUT2D eigenvalue weighted by Crippen LogP contribution is -2.62. The van der Waals surface area contributed by atoms with Crippen LogP contribution in [0.4, 0.5) is 0 Å². The predicted octanol–water partition coefficient (Wildman–Crippen LogP) is 5.03. The first-order chi connectivity index (χ1) is 17.4. The molecule has 0 aromatic rings. The first-order valence-electron chi connectivity index (χ1n) is 15.3. The van der Waals surface area contributed by atoms with Crippen LogP contribution in [-0.4, -0.2) is 42.0 Å². The van der Waals surface area contributed by atoms with E-state index in [0.717, 1.165) is 38.5 Å². The Labute approximate surface area is 224 Å². The van der Waals surface area contributed by atoms with Gasteiger partial charge in [0.15, 0.2) is 0 Å². The van der Waals surface area contributed by atoms with Gasteiger partial charge in [-0.2, -0.15) is 0 Å². The summed E-state index contributed by atoms with van der Waals surface area (Å²) in [5, 5.41) is 22.0. The van der Waals surface area contributed by atoms with Crippen molar-refractivity contribution >= 4 is 15.9 Å². The molecule has 0 aromatic carbocycles. The highest BCUT2D eigenvalue weighted by Crippen LogP contribution is 2.69. The van der Waals surface area contributed by atoms with Gasteiger partial charge >= 0.3 is 0 Å². The number of aliphatic hydroxyl groups excluding tert-OH is 2. The van der Waals surface area contributed by atoms with Crippen LogP contribution in [0.25, 0.3) is 0 Å². The van der Waals surface area contributed by atoms with E-state index in [9.17, 15) is 23.4 Å². The number of sulfonamides is 1. The summed E-state index contributed by atoms with van der Waals surface area (Å²) in [7, 11) is -3.46. The van der Waals surface area contributed by atoms with Gasteiger partial charge in [-0.1, -0.05) is 34.1 Å². The molecule has 212 valence electrons. The average Bonchev–Trinajstić information content (AvgIpc) is 3.63. The second kappa shape index (κ2) is 10.1. The zero-order valence-corrected chi connectivity index (χ0v) is 24.3. The van der Waals surface area contributed by atoms with Crippen LogP contribution in [0.15, 0.2) is 0 Å². The molecule has 5 aliphatic rings. The van der Waals surface area contributed by atoms with Crippen LogP contribution in [-0.2, 0) is 14.8 Å². The van der Waals surface area contributed by atoms with E-state index in [0.29, 0.717) is 48.3 Å². The van der Waals surface area contributed by atoms with Gasteiger partial charge in [0.2, 0.25) is 15.9 Å². The number of rotatable bonds is 8. The van der Waals surface area contributed by atoms with Gasteiger partial charge in [-0.3, -0.25) is 9.52 Å². The zero-order valence-electron chi connectivity index (χ0n) is 23.5. The number of fused-ring (bicyclic) bond motifs is 5. The van der Waals surface area contributed by atoms with Crippen molar-refractivity contribution in [1.82, 2.24) is 4.72 Å². The number of carbonyl (C=O) groups excluding carboxylic acids is 1. The minimum Gasteiger partial charge on any atom is -0.393 e. The first-order valence-corrected chi connectivity index (χ1v) is 16.9. The Morgan fingerprint density at radius 1 is 0.973 bits per heavy atom. The highest BCUT2D eigenvalue weighted by molar-refractivity contribution is 7.90. The molecular formula is C30H51NO5S. The van der Waals surface area contributed by atoms with Crippen molar-refractivity contribution in [3.63, 3.8) is 0 Å². The van der Waals surface area contributed by atoms with E-state index < -0.39 is 10.0 Å². The maximum atomic E-state index is 12.3. The van der Waals surface area contributed by atoms with Gasteiger partial charge in [-0.25, -0.2) is 8.42 Å². The molecule has 7 heteroatoms. The summed E-state index contributed by atoms with van der Waals surface area (Å²) >= 11 is 0. The van der Waals surface area contributed by atoms with Crippen LogP contribution in [0.1, 0.15) is 111 Å². The van der Waals surface area contributed by atoms with Crippen molar-refractivity contribution in [1.29, 1.82) is 0 Å². The highest BCUT2D eigenvalue weighted by Gasteiger charge is 2.64. The molecule has 0 saturated heterocycles. The van der Waals surface area contributed by atoms with Gasteiger partial charge in [0, 0.05) is 6.42 Å². The fourth-order valence-corrected chi connectivity index (χ4v) is 11.7.